The third kappa shape index (κ3) is 2.84. The fraction of sp³-hybridized carbons (Fsp3) is 0.261. The molecular weight excluding hydrogens is 456 g/mol. The van der Waals surface area contributed by atoms with E-state index in [1.165, 1.54) is 4.52 Å². The number of carbonyl (C=O) groups excluding carboxylic acids is 1. The first kappa shape index (κ1) is 20.7. The van der Waals surface area contributed by atoms with Gasteiger partial charge in [0.2, 0.25) is 5.95 Å². The lowest BCUT2D eigenvalue weighted by molar-refractivity contribution is 0.101. The van der Waals surface area contributed by atoms with Crippen molar-refractivity contribution in [3.63, 3.8) is 0 Å². The largest absolute Gasteiger partial charge is 0.368 e. The standard InChI is InChI=1S/C23H21ClN8O2/c1-23(2)11-30(19-15-14(33)10-26-18(15)27-22(25)28-19)17(23)20-29-31-9-8-13(24)16(31)21(34)32(20)12-6-4-3-5-7-12/h3-9,17H,10-11H2,1-2H3,(H3,25,26,27,28)/t17-/m1/s1. The summed E-state index contributed by atoms with van der Waals surface area (Å²) in [7, 11) is 0. The van der Waals surface area contributed by atoms with Crippen LogP contribution in [0.2, 0.25) is 5.02 Å². The molecule has 0 bridgehead atoms. The van der Waals surface area contributed by atoms with Gasteiger partial charge < -0.3 is 16.0 Å². The van der Waals surface area contributed by atoms with Gasteiger partial charge in [0.25, 0.3) is 5.56 Å². The summed E-state index contributed by atoms with van der Waals surface area (Å²) < 4.78 is 3.10. The number of benzene rings is 1. The Morgan fingerprint density at radius 3 is 2.65 bits per heavy atom. The zero-order valence-electron chi connectivity index (χ0n) is 18.5. The zero-order valence-corrected chi connectivity index (χ0v) is 19.2. The van der Waals surface area contributed by atoms with E-state index in [4.69, 9.17) is 22.4 Å². The molecule has 2 aliphatic heterocycles. The first-order valence-electron chi connectivity index (χ1n) is 10.8. The molecule has 2 aliphatic rings. The number of hydrogen-bond donors (Lipinski definition) is 2. The number of para-hydroxylation sites is 1. The molecule has 0 saturated carbocycles. The Balaban J connectivity index is 1.61. The molecule has 3 aromatic heterocycles. The van der Waals surface area contributed by atoms with Crippen molar-refractivity contribution < 1.29 is 4.79 Å². The van der Waals surface area contributed by atoms with Gasteiger partial charge in [0.15, 0.2) is 11.6 Å². The number of anilines is 3. The molecule has 34 heavy (non-hydrogen) atoms. The number of Topliss-reactive ketones (excluding diaryl/α,β-unsaturated/α-hetero) is 1. The van der Waals surface area contributed by atoms with Gasteiger partial charge in [-0.2, -0.15) is 15.1 Å². The molecule has 1 fully saturated rings. The smallest absolute Gasteiger partial charge is 0.284 e. The van der Waals surface area contributed by atoms with E-state index >= 15 is 0 Å². The van der Waals surface area contributed by atoms with Gasteiger partial charge in [-0.15, -0.1) is 0 Å². The highest BCUT2D eigenvalue weighted by Gasteiger charge is 2.51. The van der Waals surface area contributed by atoms with E-state index in [0.717, 1.165) is 0 Å². The highest BCUT2D eigenvalue weighted by Crippen LogP contribution is 2.51. The van der Waals surface area contributed by atoms with Crippen molar-refractivity contribution in [1.82, 2.24) is 24.1 Å². The molecule has 4 aromatic rings. The highest BCUT2D eigenvalue weighted by atomic mass is 35.5. The lowest BCUT2D eigenvalue weighted by Gasteiger charge is -2.54. The van der Waals surface area contributed by atoms with Crippen molar-refractivity contribution in [2.45, 2.75) is 19.9 Å². The van der Waals surface area contributed by atoms with Crippen LogP contribution in [0.5, 0.6) is 0 Å². The quantitative estimate of drug-likeness (QED) is 0.462. The molecule has 5 heterocycles. The van der Waals surface area contributed by atoms with E-state index in [1.807, 2.05) is 35.2 Å². The Morgan fingerprint density at radius 2 is 1.91 bits per heavy atom. The van der Waals surface area contributed by atoms with Crippen molar-refractivity contribution in [3.05, 3.63) is 69.4 Å². The Kier molecular flexibility index (Phi) is 4.28. The summed E-state index contributed by atoms with van der Waals surface area (Å²) in [6.45, 7) is 4.91. The van der Waals surface area contributed by atoms with E-state index in [9.17, 15) is 9.59 Å². The maximum atomic E-state index is 13.7. The second-order valence-electron chi connectivity index (χ2n) is 9.22. The van der Waals surface area contributed by atoms with Crippen molar-refractivity contribution in [1.29, 1.82) is 0 Å². The van der Waals surface area contributed by atoms with E-state index in [0.29, 0.717) is 45.8 Å². The number of hydrogen-bond acceptors (Lipinski definition) is 8. The number of carbonyl (C=O) groups is 1. The summed E-state index contributed by atoms with van der Waals surface area (Å²) in [5.74, 6) is 1.35. The summed E-state index contributed by atoms with van der Waals surface area (Å²) in [6.07, 6.45) is 1.67. The number of rotatable bonds is 3. The number of halogens is 1. The number of fused-ring (bicyclic) bond motifs is 2. The molecule has 6 rings (SSSR count). The third-order valence-electron chi connectivity index (χ3n) is 6.43. The molecule has 172 valence electrons. The molecule has 0 radical (unpaired) electrons. The molecule has 1 aromatic carbocycles. The van der Waals surface area contributed by atoms with Gasteiger partial charge in [-0.05, 0) is 18.2 Å². The third-order valence-corrected chi connectivity index (χ3v) is 6.73. The first-order chi connectivity index (χ1) is 16.3. The fourth-order valence-corrected chi connectivity index (χ4v) is 5.20. The Morgan fingerprint density at radius 1 is 1.15 bits per heavy atom. The molecular formula is C23H21ClN8O2. The highest BCUT2D eigenvalue weighted by molar-refractivity contribution is 6.33. The fourth-order valence-electron chi connectivity index (χ4n) is 4.97. The number of ketones is 1. The molecule has 0 unspecified atom stereocenters. The van der Waals surface area contributed by atoms with Crippen LogP contribution in [-0.2, 0) is 0 Å². The molecule has 1 atom stereocenters. The van der Waals surface area contributed by atoms with Crippen LogP contribution in [0.1, 0.15) is 36.1 Å². The van der Waals surface area contributed by atoms with Crippen LogP contribution in [0, 0.1) is 5.41 Å². The second-order valence-corrected chi connectivity index (χ2v) is 9.62. The van der Waals surface area contributed by atoms with Crippen molar-refractivity contribution in [2.24, 2.45) is 5.41 Å². The number of nitrogens with one attached hydrogen (secondary N) is 1. The van der Waals surface area contributed by atoms with Crippen molar-refractivity contribution in [2.75, 3.05) is 29.0 Å². The first-order valence-corrected chi connectivity index (χ1v) is 11.2. The van der Waals surface area contributed by atoms with Gasteiger partial charge in [-0.3, -0.25) is 14.2 Å². The van der Waals surface area contributed by atoms with Crippen molar-refractivity contribution in [3.8, 4) is 5.69 Å². The van der Waals surface area contributed by atoms with Crippen LogP contribution in [0.25, 0.3) is 11.2 Å². The molecule has 3 N–H and O–H groups in total. The van der Waals surface area contributed by atoms with E-state index in [-0.39, 0.29) is 35.3 Å². The monoisotopic (exact) mass is 476 g/mol. The van der Waals surface area contributed by atoms with Crippen LogP contribution in [-0.4, -0.2) is 43.0 Å². The second kappa shape index (κ2) is 7.04. The van der Waals surface area contributed by atoms with Crippen LogP contribution in [0.15, 0.2) is 47.4 Å². The van der Waals surface area contributed by atoms with Gasteiger partial charge in [0.05, 0.1) is 23.3 Å². The summed E-state index contributed by atoms with van der Waals surface area (Å²) >= 11 is 6.34. The van der Waals surface area contributed by atoms with Gasteiger partial charge in [-0.25, -0.2) is 4.52 Å². The lowest BCUT2D eigenvalue weighted by atomic mass is 9.74. The van der Waals surface area contributed by atoms with Crippen molar-refractivity contribution >= 4 is 40.5 Å². The SMILES string of the molecule is CC1(C)CN(c2nc(N)nc3c2C(=O)CN3)[C@@H]1c1nn2ccc(Cl)c2c(=O)n1-c1ccccc1. The predicted octanol–water partition coefficient (Wildman–Crippen LogP) is 2.71. The Bertz CT molecular complexity index is 1540. The minimum absolute atomic E-state index is 0.0699. The number of aromatic nitrogens is 5. The minimum Gasteiger partial charge on any atom is -0.368 e. The topological polar surface area (TPSA) is 123 Å². The van der Waals surface area contributed by atoms with E-state index in [1.54, 1.807) is 16.8 Å². The average Bonchev–Trinajstić information content (AvgIpc) is 3.35. The molecule has 1 saturated heterocycles. The van der Waals surface area contributed by atoms with Gasteiger partial charge in [-0.1, -0.05) is 43.6 Å². The van der Waals surface area contributed by atoms with Gasteiger partial charge in [0, 0.05) is 18.2 Å². The Labute approximate surface area is 199 Å². The molecule has 11 heteroatoms. The molecule has 0 aliphatic carbocycles. The number of nitrogen functional groups attached to an aromatic ring is 1. The maximum Gasteiger partial charge on any atom is 0.284 e. The summed E-state index contributed by atoms with van der Waals surface area (Å²) in [5.41, 5.74) is 6.79. The van der Waals surface area contributed by atoms with E-state index < -0.39 is 0 Å². The number of nitrogens with zero attached hydrogens (tertiary/aromatic N) is 6. The molecule has 0 amide bonds. The van der Waals surface area contributed by atoms with Gasteiger partial charge >= 0.3 is 0 Å². The Hall–Kier alpha value is -3.92. The predicted molar refractivity (Wildman–Crippen MR) is 129 cm³/mol. The molecule has 0 spiro atoms. The summed E-state index contributed by atoms with van der Waals surface area (Å²) in [4.78, 5) is 37.0. The average molecular weight is 477 g/mol. The minimum atomic E-state index is -0.377. The lowest BCUT2D eigenvalue weighted by Crippen LogP contribution is -2.58. The van der Waals surface area contributed by atoms with Crippen LogP contribution >= 0.6 is 11.6 Å². The van der Waals surface area contributed by atoms with Crippen LogP contribution in [0.4, 0.5) is 17.6 Å². The van der Waals surface area contributed by atoms with E-state index in [2.05, 4.69) is 29.1 Å². The van der Waals surface area contributed by atoms with Crippen LogP contribution < -0.4 is 21.5 Å². The summed E-state index contributed by atoms with van der Waals surface area (Å²) in [5, 5.41) is 8.16. The van der Waals surface area contributed by atoms with Crippen LogP contribution in [0.3, 0.4) is 0 Å². The molecule has 10 nitrogen and oxygen atoms in total. The summed E-state index contributed by atoms with van der Waals surface area (Å²) in [6, 6.07) is 10.6. The zero-order chi connectivity index (χ0) is 23.8. The number of nitrogens with two attached hydrogens (primary N) is 1. The normalized spacial score (nSPS) is 18.6. The van der Waals surface area contributed by atoms with Gasteiger partial charge in [0.1, 0.15) is 22.7 Å². The maximum absolute atomic E-state index is 13.7.